The molecule has 0 bridgehead atoms. The van der Waals surface area contributed by atoms with Crippen molar-refractivity contribution in [2.45, 2.75) is 32.7 Å². The lowest BCUT2D eigenvalue weighted by Gasteiger charge is -2.14. The molecule has 1 fully saturated rings. The van der Waals surface area contributed by atoms with Gasteiger partial charge in [-0.1, -0.05) is 12.2 Å². The zero-order chi connectivity index (χ0) is 16.3. The third-order valence-electron chi connectivity index (χ3n) is 3.80. The highest BCUT2D eigenvalue weighted by molar-refractivity contribution is 6.07. The van der Waals surface area contributed by atoms with Gasteiger partial charge in [-0.3, -0.25) is 24.1 Å². The van der Waals surface area contributed by atoms with Crippen molar-refractivity contribution < 1.29 is 19.2 Å². The van der Waals surface area contributed by atoms with Crippen LogP contribution in [0.5, 0.6) is 0 Å². The van der Waals surface area contributed by atoms with Gasteiger partial charge in [-0.25, -0.2) is 0 Å². The van der Waals surface area contributed by atoms with Crippen molar-refractivity contribution in [3.8, 4) is 0 Å². The van der Waals surface area contributed by atoms with Crippen LogP contribution in [-0.4, -0.2) is 47.7 Å². The van der Waals surface area contributed by atoms with E-state index >= 15 is 0 Å². The number of nitrogens with zero attached hydrogens (tertiary/aromatic N) is 1. The minimum atomic E-state index is -0.507. The van der Waals surface area contributed by atoms with Crippen molar-refractivity contribution in [2.75, 3.05) is 13.1 Å². The predicted molar refractivity (Wildman–Crippen MR) is 78.4 cm³/mol. The van der Waals surface area contributed by atoms with E-state index in [2.05, 4.69) is 10.6 Å². The van der Waals surface area contributed by atoms with Crippen LogP contribution < -0.4 is 10.6 Å². The number of hydrogen-bond acceptors (Lipinski definition) is 4. The minimum absolute atomic E-state index is 0.0123. The van der Waals surface area contributed by atoms with Crippen LogP contribution in [0.15, 0.2) is 12.2 Å². The van der Waals surface area contributed by atoms with Gasteiger partial charge in [0.05, 0.1) is 18.4 Å². The molecule has 120 valence electrons. The first-order chi connectivity index (χ1) is 10.4. The molecule has 22 heavy (non-hydrogen) atoms. The van der Waals surface area contributed by atoms with E-state index in [1.165, 1.54) is 0 Å². The molecule has 2 rings (SSSR count). The van der Waals surface area contributed by atoms with Crippen LogP contribution in [-0.2, 0) is 19.2 Å². The molecule has 0 aromatic rings. The Morgan fingerprint density at radius 1 is 1.14 bits per heavy atom. The molecule has 7 nitrogen and oxygen atoms in total. The molecule has 7 heteroatoms. The highest BCUT2D eigenvalue weighted by Crippen LogP contribution is 2.34. The van der Waals surface area contributed by atoms with E-state index < -0.39 is 5.91 Å². The van der Waals surface area contributed by atoms with E-state index in [-0.39, 0.29) is 48.7 Å². The second-order valence-corrected chi connectivity index (χ2v) is 5.92. The van der Waals surface area contributed by atoms with Crippen LogP contribution in [0.2, 0.25) is 0 Å². The van der Waals surface area contributed by atoms with Crippen LogP contribution >= 0.6 is 0 Å². The topological polar surface area (TPSA) is 95.6 Å². The molecule has 2 aliphatic rings. The van der Waals surface area contributed by atoms with Crippen LogP contribution in [0.1, 0.15) is 26.7 Å². The molecule has 1 aliphatic carbocycles. The maximum Gasteiger partial charge on any atom is 0.240 e. The van der Waals surface area contributed by atoms with Gasteiger partial charge in [-0.15, -0.1) is 0 Å². The van der Waals surface area contributed by atoms with Gasteiger partial charge in [0.2, 0.25) is 23.6 Å². The molecule has 0 aromatic carbocycles. The number of allylic oxidation sites excluding steroid dienone is 2. The summed E-state index contributed by atoms with van der Waals surface area (Å²) in [5, 5.41) is 5.06. The van der Waals surface area contributed by atoms with E-state index in [9.17, 15) is 19.2 Å². The van der Waals surface area contributed by atoms with Crippen LogP contribution in [0.25, 0.3) is 0 Å². The first kappa shape index (κ1) is 16.2. The van der Waals surface area contributed by atoms with Crippen molar-refractivity contribution in [1.82, 2.24) is 15.5 Å². The number of amides is 4. The Bertz CT molecular complexity index is 501. The number of fused-ring (bicyclic) bond motifs is 1. The predicted octanol–water partition coefficient (Wildman–Crippen LogP) is -0.422. The van der Waals surface area contributed by atoms with Gasteiger partial charge >= 0.3 is 0 Å². The van der Waals surface area contributed by atoms with Gasteiger partial charge in [0.1, 0.15) is 6.54 Å². The Labute approximate surface area is 129 Å². The Morgan fingerprint density at radius 2 is 1.68 bits per heavy atom. The van der Waals surface area contributed by atoms with Crippen LogP contribution in [0.3, 0.4) is 0 Å². The third-order valence-corrected chi connectivity index (χ3v) is 3.80. The van der Waals surface area contributed by atoms with Crippen LogP contribution in [0.4, 0.5) is 0 Å². The Hall–Kier alpha value is -2.18. The fraction of sp³-hybridized carbons (Fsp3) is 0.600. The molecule has 2 N–H and O–H groups in total. The van der Waals surface area contributed by atoms with E-state index in [4.69, 9.17) is 0 Å². The molecule has 1 aliphatic heterocycles. The van der Waals surface area contributed by atoms with Gasteiger partial charge in [0, 0.05) is 6.04 Å². The maximum absolute atomic E-state index is 12.2. The number of carbonyl (C=O) groups excluding carboxylic acids is 4. The SMILES string of the molecule is CC(C)NC(=O)CNC(=O)CN1C(=O)[C@H]2CC=CC[C@H]2C1=O. The zero-order valence-corrected chi connectivity index (χ0v) is 12.8. The van der Waals surface area contributed by atoms with Crippen molar-refractivity contribution in [2.24, 2.45) is 11.8 Å². The number of likely N-dealkylation sites (tertiary alicyclic amines) is 1. The summed E-state index contributed by atoms with van der Waals surface area (Å²) >= 11 is 0. The average molecular weight is 307 g/mol. The third kappa shape index (κ3) is 3.52. The lowest BCUT2D eigenvalue weighted by Crippen LogP contribution is -2.45. The standard InChI is InChI=1S/C15H21N3O4/c1-9(2)17-12(19)7-16-13(20)8-18-14(21)10-5-3-4-6-11(10)15(18)22/h3-4,9-11H,5-8H2,1-2H3,(H,16,20)(H,17,19)/t10-,11+. The number of rotatable bonds is 5. The first-order valence-corrected chi connectivity index (χ1v) is 7.46. The Kier molecular flexibility index (Phi) is 4.95. The number of imide groups is 1. The van der Waals surface area contributed by atoms with Crippen LogP contribution in [0, 0.1) is 11.8 Å². The van der Waals surface area contributed by atoms with Crippen molar-refractivity contribution >= 4 is 23.6 Å². The van der Waals surface area contributed by atoms with E-state index in [0.29, 0.717) is 12.8 Å². The first-order valence-electron chi connectivity index (χ1n) is 7.46. The average Bonchev–Trinajstić information content (AvgIpc) is 2.70. The highest BCUT2D eigenvalue weighted by atomic mass is 16.2. The van der Waals surface area contributed by atoms with Gasteiger partial charge in [-0.2, -0.15) is 0 Å². The van der Waals surface area contributed by atoms with Crippen molar-refractivity contribution in [3.05, 3.63) is 12.2 Å². The summed E-state index contributed by atoms with van der Waals surface area (Å²) < 4.78 is 0. The lowest BCUT2D eigenvalue weighted by atomic mass is 9.85. The summed E-state index contributed by atoms with van der Waals surface area (Å²) in [6.45, 7) is 3.15. The molecule has 0 spiro atoms. The second-order valence-electron chi connectivity index (χ2n) is 5.92. The molecule has 0 unspecified atom stereocenters. The van der Waals surface area contributed by atoms with Gasteiger partial charge in [-0.05, 0) is 26.7 Å². The molecular weight excluding hydrogens is 286 g/mol. The summed E-state index contributed by atoms with van der Waals surface area (Å²) in [5.41, 5.74) is 0. The fourth-order valence-corrected chi connectivity index (χ4v) is 2.78. The zero-order valence-electron chi connectivity index (χ0n) is 12.8. The van der Waals surface area contributed by atoms with Crippen molar-refractivity contribution in [3.63, 3.8) is 0 Å². The smallest absolute Gasteiger partial charge is 0.240 e. The molecular formula is C15H21N3O4. The largest absolute Gasteiger partial charge is 0.352 e. The van der Waals surface area contributed by atoms with Gasteiger partial charge in [0.15, 0.2) is 0 Å². The Balaban J connectivity index is 1.85. The second kappa shape index (κ2) is 6.72. The molecule has 0 radical (unpaired) electrons. The minimum Gasteiger partial charge on any atom is -0.352 e. The molecule has 4 amide bonds. The monoisotopic (exact) mass is 307 g/mol. The molecule has 1 saturated heterocycles. The van der Waals surface area contributed by atoms with Gasteiger partial charge in [0.25, 0.3) is 0 Å². The molecule has 0 aromatic heterocycles. The maximum atomic E-state index is 12.2. The van der Waals surface area contributed by atoms with E-state index in [0.717, 1.165) is 4.90 Å². The van der Waals surface area contributed by atoms with Gasteiger partial charge < -0.3 is 10.6 Å². The summed E-state index contributed by atoms with van der Waals surface area (Å²) in [4.78, 5) is 48.7. The fourth-order valence-electron chi connectivity index (χ4n) is 2.78. The van der Waals surface area contributed by atoms with E-state index in [1.807, 2.05) is 26.0 Å². The molecule has 0 saturated carbocycles. The lowest BCUT2D eigenvalue weighted by molar-refractivity contribution is -0.143. The van der Waals surface area contributed by atoms with E-state index in [1.54, 1.807) is 0 Å². The number of hydrogen-bond donors (Lipinski definition) is 2. The number of carbonyl (C=O) groups is 4. The summed E-state index contributed by atoms with van der Waals surface area (Å²) in [6, 6.07) is -0.0123. The van der Waals surface area contributed by atoms with Crippen molar-refractivity contribution in [1.29, 1.82) is 0 Å². The highest BCUT2D eigenvalue weighted by Gasteiger charge is 2.47. The molecule has 1 heterocycles. The summed E-state index contributed by atoms with van der Waals surface area (Å²) in [7, 11) is 0. The summed E-state index contributed by atoms with van der Waals surface area (Å²) in [6.07, 6.45) is 4.88. The normalized spacial score (nSPS) is 23.7. The quantitative estimate of drug-likeness (QED) is 0.532. The summed E-state index contributed by atoms with van der Waals surface area (Å²) in [5.74, 6) is -2.07. The molecule has 2 atom stereocenters. The number of nitrogens with one attached hydrogen (secondary N) is 2. The Morgan fingerprint density at radius 3 is 2.18 bits per heavy atom.